The SMILES string of the molecule is O=S(O)c1cccc(-c2cnn3cc(-c4ccc(CN5CCCC5)cc4)cnc23)c1. The van der Waals surface area contributed by atoms with Gasteiger partial charge < -0.3 is 4.55 Å². The summed E-state index contributed by atoms with van der Waals surface area (Å²) in [6, 6.07) is 15.6. The second-order valence-electron chi connectivity index (χ2n) is 7.63. The van der Waals surface area contributed by atoms with Crippen LogP contribution in [-0.4, -0.2) is 41.3 Å². The molecular formula is C23H22N4O2S. The van der Waals surface area contributed by atoms with Crippen LogP contribution in [0, 0.1) is 0 Å². The highest BCUT2D eigenvalue weighted by Gasteiger charge is 2.13. The predicted octanol–water partition coefficient (Wildman–Crippen LogP) is 4.24. The molecule has 7 heteroatoms. The van der Waals surface area contributed by atoms with Gasteiger partial charge in [-0.3, -0.25) is 4.90 Å². The Labute approximate surface area is 177 Å². The van der Waals surface area contributed by atoms with Crippen LogP contribution in [0.4, 0.5) is 0 Å². The first kappa shape index (κ1) is 19.1. The van der Waals surface area contributed by atoms with Gasteiger partial charge in [0.1, 0.15) is 0 Å². The summed E-state index contributed by atoms with van der Waals surface area (Å²) in [5.74, 6) is 0. The molecule has 1 fully saturated rings. The van der Waals surface area contributed by atoms with Crippen molar-refractivity contribution in [3.8, 4) is 22.3 Å². The standard InChI is InChI=1S/C23H22N4O2S/c28-30(29)21-5-3-4-19(12-21)22-14-25-27-16-20(13-24-23(22)27)18-8-6-17(7-9-18)15-26-10-1-2-11-26/h3-9,12-14,16H,1-2,10-11,15H2,(H,28,29). The highest BCUT2D eigenvalue weighted by Crippen LogP contribution is 2.27. The first-order valence-electron chi connectivity index (χ1n) is 10.0. The van der Waals surface area contributed by atoms with E-state index in [0.717, 1.165) is 28.8 Å². The van der Waals surface area contributed by atoms with Gasteiger partial charge in [0, 0.05) is 30.1 Å². The van der Waals surface area contributed by atoms with Crippen LogP contribution in [0.3, 0.4) is 0 Å². The summed E-state index contributed by atoms with van der Waals surface area (Å²) in [5, 5.41) is 4.45. The molecular weight excluding hydrogens is 396 g/mol. The first-order chi connectivity index (χ1) is 14.7. The fraction of sp³-hybridized carbons (Fsp3) is 0.217. The third-order valence-corrected chi connectivity index (χ3v) is 6.25. The number of aromatic nitrogens is 3. The van der Waals surface area contributed by atoms with Crippen molar-refractivity contribution in [1.82, 2.24) is 19.5 Å². The average molecular weight is 419 g/mol. The Kier molecular flexibility index (Phi) is 5.16. The Morgan fingerprint density at radius 1 is 0.967 bits per heavy atom. The van der Waals surface area contributed by atoms with Gasteiger partial charge >= 0.3 is 0 Å². The van der Waals surface area contributed by atoms with Crippen molar-refractivity contribution in [2.45, 2.75) is 24.3 Å². The third kappa shape index (κ3) is 3.79. The van der Waals surface area contributed by atoms with Gasteiger partial charge in [-0.2, -0.15) is 5.10 Å². The van der Waals surface area contributed by atoms with Crippen molar-refractivity contribution < 1.29 is 8.76 Å². The molecule has 0 bridgehead atoms. The molecule has 4 aromatic rings. The highest BCUT2D eigenvalue weighted by molar-refractivity contribution is 7.79. The van der Waals surface area contributed by atoms with Gasteiger partial charge in [-0.15, -0.1) is 0 Å². The molecule has 1 aliphatic heterocycles. The van der Waals surface area contributed by atoms with Gasteiger partial charge in [0.2, 0.25) is 0 Å². The van der Waals surface area contributed by atoms with Crippen LogP contribution in [0.2, 0.25) is 0 Å². The Bertz CT molecular complexity index is 1210. The normalized spacial score (nSPS) is 15.6. The van der Waals surface area contributed by atoms with E-state index in [2.05, 4.69) is 39.2 Å². The lowest BCUT2D eigenvalue weighted by Crippen LogP contribution is -2.18. The fourth-order valence-electron chi connectivity index (χ4n) is 4.00. The minimum atomic E-state index is -2.02. The van der Waals surface area contributed by atoms with Crippen LogP contribution < -0.4 is 0 Å². The van der Waals surface area contributed by atoms with Gasteiger partial charge in [0.15, 0.2) is 16.7 Å². The molecule has 5 rings (SSSR count). The molecule has 1 aliphatic rings. The van der Waals surface area contributed by atoms with E-state index >= 15 is 0 Å². The smallest absolute Gasteiger partial charge is 0.186 e. The van der Waals surface area contributed by atoms with Crippen LogP contribution in [-0.2, 0) is 17.6 Å². The lowest BCUT2D eigenvalue weighted by Gasteiger charge is -2.14. The van der Waals surface area contributed by atoms with Gasteiger partial charge in [0.25, 0.3) is 0 Å². The predicted molar refractivity (Wildman–Crippen MR) is 117 cm³/mol. The maximum atomic E-state index is 11.4. The zero-order chi connectivity index (χ0) is 20.5. The highest BCUT2D eigenvalue weighted by atomic mass is 32.2. The van der Waals surface area contributed by atoms with Crippen molar-refractivity contribution in [3.05, 3.63) is 72.7 Å². The quantitative estimate of drug-likeness (QED) is 0.491. The number of hydrogen-bond acceptors (Lipinski definition) is 4. The van der Waals surface area contributed by atoms with Crippen molar-refractivity contribution >= 4 is 16.7 Å². The summed E-state index contributed by atoms with van der Waals surface area (Å²) in [5.41, 5.74) is 5.79. The zero-order valence-electron chi connectivity index (χ0n) is 16.4. The van der Waals surface area contributed by atoms with Crippen LogP contribution in [0.1, 0.15) is 18.4 Å². The molecule has 2 aromatic carbocycles. The van der Waals surface area contributed by atoms with Crippen LogP contribution >= 0.6 is 0 Å². The second kappa shape index (κ2) is 8.10. The molecule has 0 aliphatic carbocycles. The van der Waals surface area contributed by atoms with Crippen molar-refractivity contribution in [2.24, 2.45) is 0 Å². The minimum absolute atomic E-state index is 0.359. The van der Waals surface area contributed by atoms with E-state index < -0.39 is 11.1 Å². The summed E-state index contributed by atoms with van der Waals surface area (Å²) in [4.78, 5) is 7.48. The zero-order valence-corrected chi connectivity index (χ0v) is 17.3. The Hall–Kier alpha value is -2.87. The molecule has 0 saturated carbocycles. The van der Waals surface area contributed by atoms with E-state index in [1.807, 2.05) is 18.5 Å². The second-order valence-corrected chi connectivity index (χ2v) is 8.60. The van der Waals surface area contributed by atoms with Crippen molar-refractivity contribution in [1.29, 1.82) is 0 Å². The van der Waals surface area contributed by atoms with Crippen LogP contribution in [0.15, 0.2) is 72.0 Å². The number of nitrogens with zero attached hydrogens (tertiary/aromatic N) is 4. The number of rotatable bonds is 5. The number of fused-ring (bicyclic) bond motifs is 1. The number of hydrogen-bond donors (Lipinski definition) is 1. The molecule has 0 radical (unpaired) electrons. The fourth-order valence-corrected chi connectivity index (χ4v) is 4.42. The maximum Gasteiger partial charge on any atom is 0.186 e. The molecule has 152 valence electrons. The van der Waals surface area contributed by atoms with E-state index in [1.54, 1.807) is 28.9 Å². The van der Waals surface area contributed by atoms with E-state index in [9.17, 15) is 8.76 Å². The minimum Gasteiger partial charge on any atom is -0.302 e. The maximum absolute atomic E-state index is 11.4. The number of benzene rings is 2. The molecule has 1 N–H and O–H groups in total. The lowest BCUT2D eigenvalue weighted by molar-refractivity contribution is 0.331. The van der Waals surface area contributed by atoms with Crippen molar-refractivity contribution in [2.75, 3.05) is 13.1 Å². The van der Waals surface area contributed by atoms with Gasteiger partial charge in [-0.1, -0.05) is 36.4 Å². The Morgan fingerprint density at radius 3 is 2.53 bits per heavy atom. The van der Waals surface area contributed by atoms with E-state index in [4.69, 9.17) is 0 Å². The monoisotopic (exact) mass is 418 g/mol. The Morgan fingerprint density at radius 2 is 1.77 bits per heavy atom. The van der Waals surface area contributed by atoms with E-state index in [0.29, 0.717) is 10.5 Å². The summed E-state index contributed by atoms with van der Waals surface area (Å²) in [7, 11) is 0. The molecule has 2 aromatic heterocycles. The molecule has 30 heavy (non-hydrogen) atoms. The molecule has 0 spiro atoms. The van der Waals surface area contributed by atoms with Gasteiger partial charge in [-0.25, -0.2) is 13.7 Å². The van der Waals surface area contributed by atoms with Crippen LogP contribution in [0.25, 0.3) is 27.9 Å². The van der Waals surface area contributed by atoms with E-state index in [-0.39, 0.29) is 0 Å². The van der Waals surface area contributed by atoms with E-state index in [1.165, 1.54) is 31.5 Å². The van der Waals surface area contributed by atoms with Crippen LogP contribution in [0.5, 0.6) is 0 Å². The molecule has 1 saturated heterocycles. The largest absolute Gasteiger partial charge is 0.302 e. The average Bonchev–Trinajstić information content (AvgIpc) is 3.43. The lowest BCUT2D eigenvalue weighted by atomic mass is 10.1. The summed E-state index contributed by atoms with van der Waals surface area (Å²) < 4.78 is 22.5. The summed E-state index contributed by atoms with van der Waals surface area (Å²) >= 11 is -2.02. The molecule has 3 heterocycles. The third-order valence-electron chi connectivity index (χ3n) is 5.60. The topological polar surface area (TPSA) is 70.7 Å². The molecule has 1 unspecified atom stereocenters. The summed E-state index contributed by atoms with van der Waals surface area (Å²) in [6.45, 7) is 3.40. The van der Waals surface area contributed by atoms with Gasteiger partial charge in [-0.05, 0) is 54.8 Å². The van der Waals surface area contributed by atoms with Crippen molar-refractivity contribution in [3.63, 3.8) is 0 Å². The molecule has 6 nitrogen and oxygen atoms in total. The van der Waals surface area contributed by atoms with Gasteiger partial charge in [0.05, 0.1) is 11.1 Å². The molecule has 1 atom stereocenters. The molecule has 0 amide bonds. The number of likely N-dealkylation sites (tertiary alicyclic amines) is 1. The first-order valence-corrected chi connectivity index (χ1v) is 11.1. The summed E-state index contributed by atoms with van der Waals surface area (Å²) in [6.07, 6.45) is 8.17. The Balaban J connectivity index is 1.42.